The fraction of sp³-hybridized carbons (Fsp3) is 0.565. The van der Waals surface area contributed by atoms with Gasteiger partial charge in [-0.25, -0.2) is 9.59 Å². The van der Waals surface area contributed by atoms with Crippen LogP contribution in [-0.4, -0.2) is 36.7 Å². The van der Waals surface area contributed by atoms with Gasteiger partial charge in [-0.2, -0.15) is 0 Å². The summed E-state index contributed by atoms with van der Waals surface area (Å²) in [7, 11) is 0. The minimum atomic E-state index is -0.226. The van der Waals surface area contributed by atoms with Gasteiger partial charge in [0, 0.05) is 19.2 Å². The highest BCUT2D eigenvalue weighted by molar-refractivity contribution is 5.82. The summed E-state index contributed by atoms with van der Waals surface area (Å²) in [5, 5.41) is 0. The summed E-state index contributed by atoms with van der Waals surface area (Å²) < 4.78 is 10.5. The van der Waals surface area contributed by atoms with Crippen molar-refractivity contribution in [3.63, 3.8) is 0 Å². The number of allylic oxidation sites excluding steroid dienone is 1. The van der Waals surface area contributed by atoms with Crippen LogP contribution in [-0.2, 0) is 20.9 Å². The molecule has 1 heterocycles. The lowest BCUT2D eigenvalue weighted by Gasteiger charge is -2.46. The molecule has 152 valence electrons. The maximum absolute atomic E-state index is 12.4. The van der Waals surface area contributed by atoms with Gasteiger partial charge >= 0.3 is 12.1 Å². The smallest absolute Gasteiger partial charge is 0.410 e. The van der Waals surface area contributed by atoms with Gasteiger partial charge in [0.25, 0.3) is 0 Å². The number of hydrogen-bond donors (Lipinski definition) is 0. The first-order valence-corrected chi connectivity index (χ1v) is 10.3. The number of nitrogens with zero attached hydrogens (tertiary/aromatic N) is 1. The van der Waals surface area contributed by atoms with Crippen LogP contribution in [0.2, 0.25) is 0 Å². The summed E-state index contributed by atoms with van der Waals surface area (Å²) in [5.41, 5.74) is 2.49. The Morgan fingerprint density at radius 2 is 1.86 bits per heavy atom. The van der Waals surface area contributed by atoms with Gasteiger partial charge < -0.3 is 14.4 Å². The Kier molecular flexibility index (Phi) is 6.76. The Morgan fingerprint density at radius 1 is 1.14 bits per heavy atom. The molecule has 3 rings (SSSR count). The van der Waals surface area contributed by atoms with Crippen molar-refractivity contribution in [2.45, 2.75) is 52.6 Å². The Balaban J connectivity index is 1.48. The molecule has 1 spiro atoms. The van der Waals surface area contributed by atoms with Gasteiger partial charge in [-0.05, 0) is 55.9 Å². The predicted octanol–water partition coefficient (Wildman–Crippen LogP) is 4.71. The van der Waals surface area contributed by atoms with Gasteiger partial charge in [-0.15, -0.1) is 0 Å². The summed E-state index contributed by atoms with van der Waals surface area (Å²) >= 11 is 0. The zero-order valence-electron chi connectivity index (χ0n) is 17.0. The lowest BCUT2D eigenvalue weighted by atomic mass is 9.63. The van der Waals surface area contributed by atoms with Gasteiger partial charge in [0.05, 0.1) is 6.61 Å². The molecule has 0 N–H and O–H groups in total. The van der Waals surface area contributed by atoms with E-state index in [-0.39, 0.29) is 17.5 Å². The van der Waals surface area contributed by atoms with Crippen LogP contribution >= 0.6 is 0 Å². The Labute approximate surface area is 167 Å². The van der Waals surface area contributed by atoms with Crippen molar-refractivity contribution in [3.05, 3.63) is 47.5 Å². The van der Waals surface area contributed by atoms with Crippen molar-refractivity contribution in [1.82, 2.24) is 4.90 Å². The molecule has 1 unspecified atom stereocenters. The predicted molar refractivity (Wildman–Crippen MR) is 108 cm³/mol. The minimum Gasteiger partial charge on any atom is -0.463 e. The molecule has 0 bridgehead atoms. The molecule has 0 radical (unpaired) electrons. The number of esters is 1. The van der Waals surface area contributed by atoms with Gasteiger partial charge in [0.2, 0.25) is 0 Å². The molecule has 1 saturated heterocycles. The molecule has 1 aliphatic heterocycles. The van der Waals surface area contributed by atoms with E-state index < -0.39 is 0 Å². The van der Waals surface area contributed by atoms with E-state index in [1.165, 1.54) is 5.57 Å². The average Bonchev–Trinajstić information content (AvgIpc) is 2.70. The van der Waals surface area contributed by atoms with Crippen LogP contribution in [0.4, 0.5) is 4.79 Å². The lowest BCUT2D eigenvalue weighted by Crippen LogP contribution is -2.45. The summed E-state index contributed by atoms with van der Waals surface area (Å²) in [6.07, 6.45) is 6.58. The highest BCUT2D eigenvalue weighted by atomic mass is 16.6. The molecule has 1 aromatic rings. The topological polar surface area (TPSA) is 55.8 Å². The molecule has 1 saturated carbocycles. The third kappa shape index (κ3) is 5.15. The van der Waals surface area contributed by atoms with E-state index in [1.54, 1.807) is 6.08 Å². The largest absolute Gasteiger partial charge is 0.463 e. The number of carbonyl (C=O) groups excluding carboxylic acids is 2. The van der Waals surface area contributed by atoms with Gasteiger partial charge in [0.1, 0.15) is 6.61 Å². The number of hydrogen-bond acceptors (Lipinski definition) is 4. The molecule has 1 aromatic carbocycles. The van der Waals surface area contributed by atoms with E-state index in [0.717, 1.165) is 50.8 Å². The van der Waals surface area contributed by atoms with Crippen molar-refractivity contribution in [2.75, 3.05) is 19.7 Å². The third-order valence-electron chi connectivity index (χ3n) is 6.19. The van der Waals surface area contributed by atoms with Gasteiger partial charge in [-0.3, -0.25) is 0 Å². The molecule has 28 heavy (non-hydrogen) atoms. The maximum Gasteiger partial charge on any atom is 0.410 e. The normalized spacial score (nSPS) is 22.9. The summed E-state index contributed by atoms with van der Waals surface area (Å²) in [6, 6.07) is 9.77. The van der Waals surface area contributed by atoms with E-state index in [4.69, 9.17) is 9.47 Å². The number of piperidine rings is 1. The first-order valence-electron chi connectivity index (χ1n) is 10.3. The zero-order valence-corrected chi connectivity index (χ0v) is 17.0. The monoisotopic (exact) mass is 385 g/mol. The van der Waals surface area contributed by atoms with Crippen LogP contribution in [0.3, 0.4) is 0 Å². The van der Waals surface area contributed by atoms with Crippen LogP contribution in [0, 0.1) is 11.3 Å². The first-order chi connectivity index (χ1) is 13.5. The number of ether oxygens (including phenoxy) is 2. The van der Waals surface area contributed by atoms with E-state index in [9.17, 15) is 9.59 Å². The standard InChI is InChI=1S/C23H31NO4/c1-3-27-21(25)15-20-9-10-23(16-18(20)2)11-13-24(14-12-23)22(26)28-17-19-7-5-4-6-8-19/h4-8,15,18H,3,9-14,16-17H2,1-2H3. The Morgan fingerprint density at radius 3 is 2.50 bits per heavy atom. The highest BCUT2D eigenvalue weighted by Crippen LogP contribution is 2.48. The van der Waals surface area contributed by atoms with Crippen LogP contribution in [0.15, 0.2) is 42.0 Å². The number of carbonyl (C=O) groups is 2. The number of likely N-dealkylation sites (tertiary alicyclic amines) is 1. The minimum absolute atomic E-state index is 0.217. The fourth-order valence-corrected chi connectivity index (χ4v) is 4.52. The molecule has 1 amide bonds. The second kappa shape index (κ2) is 9.26. The van der Waals surface area contributed by atoms with Crippen molar-refractivity contribution >= 4 is 12.1 Å². The molecular weight excluding hydrogens is 354 g/mol. The highest BCUT2D eigenvalue weighted by Gasteiger charge is 2.40. The van der Waals surface area contributed by atoms with Crippen LogP contribution in [0.1, 0.15) is 51.5 Å². The molecule has 5 heteroatoms. The summed E-state index contributed by atoms with van der Waals surface area (Å²) in [5.74, 6) is 0.158. The van der Waals surface area contributed by atoms with E-state index in [1.807, 2.05) is 42.2 Å². The van der Waals surface area contributed by atoms with Gasteiger partial charge in [0.15, 0.2) is 0 Å². The number of benzene rings is 1. The Bertz CT molecular complexity index is 705. The summed E-state index contributed by atoms with van der Waals surface area (Å²) in [4.78, 5) is 26.0. The fourth-order valence-electron chi connectivity index (χ4n) is 4.52. The second-order valence-electron chi connectivity index (χ2n) is 8.10. The van der Waals surface area contributed by atoms with E-state index in [2.05, 4.69) is 6.92 Å². The quantitative estimate of drug-likeness (QED) is 0.556. The Hall–Kier alpha value is -2.30. The van der Waals surface area contributed by atoms with Crippen molar-refractivity contribution in [2.24, 2.45) is 11.3 Å². The van der Waals surface area contributed by atoms with Crippen molar-refractivity contribution in [3.8, 4) is 0 Å². The molecule has 1 aliphatic carbocycles. The van der Waals surface area contributed by atoms with Crippen molar-refractivity contribution < 1.29 is 19.1 Å². The second-order valence-corrected chi connectivity index (χ2v) is 8.10. The van der Waals surface area contributed by atoms with Crippen LogP contribution < -0.4 is 0 Å². The SMILES string of the molecule is CCOC(=O)C=C1CCC2(CCN(C(=O)OCc3ccccc3)CC2)CC1C. The van der Waals surface area contributed by atoms with E-state index in [0.29, 0.717) is 19.1 Å². The molecule has 0 aromatic heterocycles. The number of rotatable bonds is 4. The van der Waals surface area contributed by atoms with E-state index >= 15 is 0 Å². The van der Waals surface area contributed by atoms with Crippen molar-refractivity contribution in [1.29, 1.82) is 0 Å². The van der Waals surface area contributed by atoms with Gasteiger partial charge in [-0.1, -0.05) is 42.8 Å². The summed E-state index contributed by atoms with van der Waals surface area (Å²) in [6.45, 7) is 6.26. The third-order valence-corrected chi connectivity index (χ3v) is 6.19. The molecular formula is C23H31NO4. The van der Waals surface area contributed by atoms with Crippen LogP contribution in [0.5, 0.6) is 0 Å². The lowest BCUT2D eigenvalue weighted by molar-refractivity contribution is -0.137. The molecule has 2 aliphatic rings. The molecule has 1 atom stereocenters. The molecule has 2 fully saturated rings. The zero-order chi connectivity index (χ0) is 20.0. The molecule has 5 nitrogen and oxygen atoms in total. The average molecular weight is 386 g/mol. The van der Waals surface area contributed by atoms with Crippen LogP contribution in [0.25, 0.3) is 0 Å². The maximum atomic E-state index is 12.4. The number of amides is 1. The first kappa shape index (κ1) is 20.4.